The van der Waals surface area contributed by atoms with Gasteiger partial charge in [-0.3, -0.25) is 10.1 Å². The van der Waals surface area contributed by atoms with E-state index in [1.54, 1.807) is 7.05 Å². The molecule has 3 heterocycles. The standard InChI is InChI=1S/C20H24N8.C2H6/c1-4-13-9-14(10-15(11-21)18(13)22-2)17-12-28-19(24-17)25-20(26-28)27(3)16-5-7-23-8-6-16;1-2/h4,9-10,12,16,23H,5-8H2,1-3H3,(H,24,25,26);1-2H3/b13-4-,22-18?;. The molecule has 1 saturated heterocycles. The van der Waals surface area contributed by atoms with Crippen LogP contribution in [0.15, 0.2) is 40.6 Å². The number of nitrogens with zero attached hydrogens (tertiary/aromatic N) is 6. The van der Waals surface area contributed by atoms with E-state index in [4.69, 9.17) is 0 Å². The SMILES string of the molecule is C/C=C1/C=C(c2cn3[nH]c(N(C)C4CCNCC4)nc3n2)C=C(C#N)C1=NC.CC. The normalized spacial score (nSPS) is 19.9. The molecule has 1 fully saturated rings. The van der Waals surface area contributed by atoms with Gasteiger partial charge in [0, 0.05) is 25.7 Å². The Balaban J connectivity index is 0.00000124. The van der Waals surface area contributed by atoms with Crippen LogP contribution in [0.3, 0.4) is 0 Å². The largest absolute Gasteiger partial charge is 0.341 e. The quantitative estimate of drug-likeness (QED) is 0.816. The zero-order valence-corrected chi connectivity index (χ0v) is 18.4. The number of nitriles is 1. The Bertz CT molecular complexity index is 1020. The van der Waals surface area contributed by atoms with Gasteiger partial charge in [-0.25, -0.2) is 9.50 Å². The molecule has 0 bridgehead atoms. The summed E-state index contributed by atoms with van der Waals surface area (Å²) in [6.45, 7) is 8.01. The van der Waals surface area contributed by atoms with Gasteiger partial charge in [0.05, 0.1) is 23.2 Å². The molecule has 30 heavy (non-hydrogen) atoms. The zero-order chi connectivity index (χ0) is 21.7. The minimum atomic E-state index is 0.475. The van der Waals surface area contributed by atoms with Crippen LogP contribution in [0.25, 0.3) is 11.4 Å². The molecule has 2 N–H and O–H groups in total. The number of anilines is 1. The molecule has 2 aromatic rings. The average molecular weight is 407 g/mol. The van der Waals surface area contributed by atoms with Crippen molar-refractivity contribution in [1.29, 1.82) is 5.26 Å². The first-order valence-electron chi connectivity index (χ1n) is 10.5. The first-order valence-corrected chi connectivity index (χ1v) is 10.5. The molecule has 158 valence electrons. The van der Waals surface area contributed by atoms with E-state index >= 15 is 0 Å². The maximum atomic E-state index is 9.48. The summed E-state index contributed by atoms with van der Waals surface area (Å²) in [5, 5.41) is 16.2. The molecule has 0 aromatic carbocycles. The van der Waals surface area contributed by atoms with Crippen LogP contribution in [0, 0.1) is 11.3 Å². The number of piperidine rings is 1. The Morgan fingerprint density at radius 2 is 2.00 bits per heavy atom. The molecule has 8 nitrogen and oxygen atoms in total. The van der Waals surface area contributed by atoms with E-state index in [1.165, 1.54) is 0 Å². The molecule has 0 spiro atoms. The number of aromatic nitrogens is 4. The second kappa shape index (κ2) is 9.55. The number of imidazole rings is 1. The highest BCUT2D eigenvalue weighted by Crippen LogP contribution is 2.27. The number of aliphatic imine (C=N–C) groups is 1. The fraction of sp³-hybridized carbons (Fsp3) is 0.455. The lowest BCUT2D eigenvalue weighted by Gasteiger charge is -2.31. The number of nitrogens with one attached hydrogen (secondary N) is 2. The third-order valence-corrected chi connectivity index (χ3v) is 5.39. The summed E-state index contributed by atoms with van der Waals surface area (Å²) >= 11 is 0. The summed E-state index contributed by atoms with van der Waals surface area (Å²) in [7, 11) is 3.78. The highest BCUT2D eigenvalue weighted by Gasteiger charge is 2.22. The molecule has 0 saturated carbocycles. The van der Waals surface area contributed by atoms with Crippen LogP contribution in [0.5, 0.6) is 0 Å². The smallest absolute Gasteiger partial charge is 0.252 e. The molecule has 1 aliphatic heterocycles. The van der Waals surface area contributed by atoms with Crippen molar-refractivity contribution in [1.82, 2.24) is 24.9 Å². The molecule has 0 atom stereocenters. The average Bonchev–Trinajstić information content (AvgIpc) is 3.39. The maximum Gasteiger partial charge on any atom is 0.252 e. The molecule has 2 aliphatic rings. The summed E-state index contributed by atoms with van der Waals surface area (Å²) in [5.74, 6) is 1.44. The molecule has 8 heteroatoms. The van der Waals surface area contributed by atoms with Crippen molar-refractivity contribution < 1.29 is 0 Å². The summed E-state index contributed by atoms with van der Waals surface area (Å²) in [4.78, 5) is 15.8. The van der Waals surface area contributed by atoms with Crippen molar-refractivity contribution in [2.75, 3.05) is 32.1 Å². The molecule has 2 aromatic heterocycles. The van der Waals surface area contributed by atoms with Crippen LogP contribution < -0.4 is 10.2 Å². The number of allylic oxidation sites excluding steroid dienone is 6. The number of hydrogen-bond donors (Lipinski definition) is 2. The van der Waals surface area contributed by atoms with Crippen molar-refractivity contribution >= 4 is 23.0 Å². The number of fused-ring (bicyclic) bond motifs is 1. The number of aromatic amines is 1. The summed E-state index contributed by atoms with van der Waals surface area (Å²) in [5.41, 5.74) is 3.83. The van der Waals surface area contributed by atoms with Crippen molar-refractivity contribution in [2.24, 2.45) is 4.99 Å². The molecule has 0 unspecified atom stereocenters. The van der Waals surface area contributed by atoms with Crippen LogP contribution in [0.2, 0.25) is 0 Å². The van der Waals surface area contributed by atoms with Crippen molar-refractivity contribution in [3.63, 3.8) is 0 Å². The van der Waals surface area contributed by atoms with E-state index < -0.39 is 0 Å². The topological polar surface area (TPSA) is 97.4 Å². The minimum absolute atomic E-state index is 0.475. The first kappa shape index (κ1) is 21.5. The Morgan fingerprint density at radius 1 is 1.27 bits per heavy atom. The summed E-state index contributed by atoms with van der Waals surface area (Å²) < 4.78 is 1.84. The summed E-state index contributed by atoms with van der Waals surface area (Å²) in [6, 6.07) is 2.71. The predicted molar refractivity (Wildman–Crippen MR) is 122 cm³/mol. The van der Waals surface area contributed by atoms with E-state index in [-0.39, 0.29) is 0 Å². The molecular formula is C22H30N8. The molecule has 1 aliphatic carbocycles. The van der Waals surface area contributed by atoms with Gasteiger partial charge >= 0.3 is 0 Å². The van der Waals surface area contributed by atoms with Gasteiger partial charge in [0.25, 0.3) is 5.78 Å². The molecule has 0 amide bonds. The first-order chi connectivity index (χ1) is 14.6. The lowest BCUT2D eigenvalue weighted by atomic mass is 9.92. The van der Waals surface area contributed by atoms with Gasteiger partial charge in [0.1, 0.15) is 6.07 Å². The van der Waals surface area contributed by atoms with Crippen molar-refractivity contribution in [3.05, 3.63) is 41.3 Å². The second-order valence-corrected chi connectivity index (χ2v) is 7.02. The third kappa shape index (κ3) is 4.07. The van der Waals surface area contributed by atoms with Crippen LogP contribution in [-0.2, 0) is 0 Å². The van der Waals surface area contributed by atoms with Crippen LogP contribution >= 0.6 is 0 Å². The van der Waals surface area contributed by atoms with Gasteiger partial charge in [-0.1, -0.05) is 19.9 Å². The van der Waals surface area contributed by atoms with E-state index in [2.05, 4.69) is 43.4 Å². The van der Waals surface area contributed by atoms with Crippen molar-refractivity contribution in [3.8, 4) is 6.07 Å². The Labute approximate surface area is 177 Å². The number of rotatable bonds is 3. The lowest BCUT2D eigenvalue weighted by Crippen LogP contribution is -2.41. The van der Waals surface area contributed by atoms with Gasteiger partial charge in [-0.2, -0.15) is 10.2 Å². The fourth-order valence-corrected chi connectivity index (χ4v) is 3.78. The molecule has 0 radical (unpaired) electrons. The van der Waals surface area contributed by atoms with Crippen molar-refractivity contribution in [2.45, 2.75) is 39.7 Å². The Kier molecular flexibility index (Phi) is 6.85. The van der Waals surface area contributed by atoms with Gasteiger partial charge in [0.15, 0.2) is 0 Å². The fourth-order valence-electron chi connectivity index (χ4n) is 3.78. The zero-order valence-electron chi connectivity index (χ0n) is 18.4. The van der Waals surface area contributed by atoms with Crippen LogP contribution in [0.1, 0.15) is 39.3 Å². The monoisotopic (exact) mass is 406 g/mol. The van der Waals surface area contributed by atoms with Gasteiger partial charge in [-0.05, 0) is 50.6 Å². The minimum Gasteiger partial charge on any atom is -0.341 e. The van der Waals surface area contributed by atoms with E-state index in [1.807, 2.05) is 49.7 Å². The number of H-pyrrole nitrogens is 1. The second-order valence-electron chi connectivity index (χ2n) is 7.02. The predicted octanol–water partition coefficient (Wildman–Crippen LogP) is 3.14. The highest BCUT2D eigenvalue weighted by atomic mass is 15.4. The Hall–Kier alpha value is -3.18. The third-order valence-electron chi connectivity index (χ3n) is 5.39. The van der Waals surface area contributed by atoms with E-state index in [0.717, 1.165) is 48.7 Å². The van der Waals surface area contributed by atoms with E-state index in [0.29, 0.717) is 23.1 Å². The summed E-state index contributed by atoms with van der Waals surface area (Å²) in [6.07, 6.45) is 9.92. The van der Waals surface area contributed by atoms with Crippen LogP contribution in [0.4, 0.5) is 5.95 Å². The van der Waals surface area contributed by atoms with E-state index in [9.17, 15) is 5.26 Å². The number of hydrogen-bond acceptors (Lipinski definition) is 6. The molecule has 4 rings (SSSR count). The maximum absolute atomic E-state index is 9.48. The Morgan fingerprint density at radius 3 is 2.60 bits per heavy atom. The molecular weight excluding hydrogens is 376 g/mol. The van der Waals surface area contributed by atoms with Gasteiger partial charge in [-0.15, -0.1) is 0 Å². The van der Waals surface area contributed by atoms with Gasteiger partial charge in [0.2, 0.25) is 5.95 Å². The lowest BCUT2D eigenvalue weighted by molar-refractivity contribution is 0.440. The van der Waals surface area contributed by atoms with Crippen LogP contribution in [-0.4, -0.2) is 58.5 Å². The van der Waals surface area contributed by atoms with Gasteiger partial charge < -0.3 is 10.2 Å². The highest BCUT2D eigenvalue weighted by molar-refractivity contribution is 6.20.